The fourth-order valence-electron chi connectivity index (χ4n) is 4.17. The monoisotopic (exact) mass is 455 g/mol. The maximum Gasteiger partial charge on any atom is 0.238 e. The second kappa shape index (κ2) is 9.10. The highest BCUT2D eigenvalue weighted by molar-refractivity contribution is 5.86. The lowest BCUT2D eigenvalue weighted by atomic mass is 9.88. The Morgan fingerprint density at radius 3 is 2.69 bits per heavy atom. The highest BCUT2D eigenvalue weighted by Gasteiger charge is 2.34. The summed E-state index contributed by atoms with van der Waals surface area (Å²) in [7, 11) is 3.22. The highest BCUT2D eigenvalue weighted by Crippen LogP contribution is 2.36. The molecule has 1 aliphatic rings. The number of benzene rings is 2. The first-order valence-electron chi connectivity index (χ1n) is 10.1. The average Bonchev–Trinajstić information content (AvgIpc) is 3.15. The minimum Gasteiger partial charge on any atom is -0.479 e. The summed E-state index contributed by atoms with van der Waals surface area (Å²) in [6.07, 6.45) is 1.69. The number of anilines is 1. The van der Waals surface area contributed by atoms with Crippen molar-refractivity contribution in [1.82, 2.24) is 19.7 Å². The van der Waals surface area contributed by atoms with Gasteiger partial charge in [-0.1, -0.05) is 24.3 Å². The fraction of sp³-hybridized carbons (Fsp3) is 0.261. The van der Waals surface area contributed by atoms with E-state index in [-0.39, 0.29) is 18.2 Å². The zero-order valence-electron chi connectivity index (χ0n) is 17.7. The minimum absolute atomic E-state index is 0. The molecule has 0 saturated carbocycles. The fourth-order valence-corrected chi connectivity index (χ4v) is 4.17. The molecule has 3 heterocycles. The third-order valence-corrected chi connectivity index (χ3v) is 5.65. The predicted octanol–water partition coefficient (Wildman–Crippen LogP) is 4.14. The first-order valence-corrected chi connectivity index (χ1v) is 10.1. The van der Waals surface area contributed by atoms with E-state index in [4.69, 9.17) is 9.47 Å². The van der Waals surface area contributed by atoms with Crippen molar-refractivity contribution in [2.45, 2.75) is 12.5 Å². The second-order valence-corrected chi connectivity index (χ2v) is 7.53. The summed E-state index contributed by atoms with van der Waals surface area (Å²) in [6.45, 7) is 1.88. The first kappa shape index (κ1) is 22.0. The number of hydrogen-bond donors (Lipinski definition) is 0. The van der Waals surface area contributed by atoms with Crippen LogP contribution in [0.15, 0.2) is 54.7 Å². The lowest BCUT2D eigenvalue weighted by molar-refractivity contribution is 0.176. The number of halogens is 2. The number of methoxy groups -OCH3 is 2. The smallest absolute Gasteiger partial charge is 0.238 e. The predicted molar refractivity (Wildman–Crippen MR) is 123 cm³/mol. The molecule has 0 spiro atoms. The summed E-state index contributed by atoms with van der Waals surface area (Å²) in [5.41, 5.74) is 1.98. The van der Waals surface area contributed by atoms with Crippen molar-refractivity contribution in [2.24, 2.45) is 0 Å². The van der Waals surface area contributed by atoms with Gasteiger partial charge in [-0.3, -0.25) is 4.57 Å². The summed E-state index contributed by atoms with van der Waals surface area (Å²) in [4.78, 5) is 6.49. The lowest BCUT2D eigenvalue weighted by Gasteiger charge is -2.40. The van der Waals surface area contributed by atoms with Crippen LogP contribution in [0.25, 0.3) is 16.5 Å². The molecule has 1 aliphatic heterocycles. The van der Waals surface area contributed by atoms with Crippen LogP contribution in [-0.4, -0.2) is 47.1 Å². The van der Waals surface area contributed by atoms with Gasteiger partial charge in [-0.25, -0.2) is 9.37 Å². The van der Waals surface area contributed by atoms with E-state index in [9.17, 15) is 4.39 Å². The van der Waals surface area contributed by atoms with Crippen LogP contribution in [0.3, 0.4) is 0 Å². The Kier molecular flexibility index (Phi) is 6.25. The number of aromatic nitrogens is 4. The van der Waals surface area contributed by atoms with Gasteiger partial charge in [0.15, 0.2) is 5.82 Å². The molecule has 2 aromatic heterocycles. The van der Waals surface area contributed by atoms with Gasteiger partial charge >= 0.3 is 0 Å². The maximum atomic E-state index is 13.6. The standard InChI is InChI=1S/C23H22FN5O2.ClH/c1-30-14-21-26-27-23(29(21)20-7-4-10-25-22(20)31-2)28-12-16(13-28)18-6-3-5-15-11-17(24)8-9-19(15)18;/h3-11,16H,12-14H2,1-2H3;1H. The minimum atomic E-state index is -0.218. The molecule has 7 nitrogen and oxygen atoms in total. The van der Waals surface area contributed by atoms with Gasteiger partial charge < -0.3 is 14.4 Å². The van der Waals surface area contributed by atoms with Crippen molar-refractivity contribution < 1.29 is 13.9 Å². The Morgan fingerprint density at radius 2 is 1.91 bits per heavy atom. The number of nitrogens with zero attached hydrogens (tertiary/aromatic N) is 5. The SMILES string of the molecule is COCc1nnc(N2CC(c3cccc4cc(F)ccc34)C2)n1-c1cccnc1OC.Cl. The second-order valence-electron chi connectivity index (χ2n) is 7.53. The highest BCUT2D eigenvalue weighted by atomic mass is 35.5. The van der Waals surface area contributed by atoms with Crippen LogP contribution < -0.4 is 9.64 Å². The van der Waals surface area contributed by atoms with Crippen LogP contribution >= 0.6 is 12.4 Å². The Labute approximate surface area is 191 Å². The molecule has 1 fully saturated rings. The summed E-state index contributed by atoms with van der Waals surface area (Å²) in [5, 5.41) is 10.8. The molecule has 0 bridgehead atoms. The largest absolute Gasteiger partial charge is 0.479 e. The van der Waals surface area contributed by atoms with E-state index in [1.54, 1.807) is 26.5 Å². The van der Waals surface area contributed by atoms with Crippen LogP contribution in [-0.2, 0) is 11.3 Å². The Morgan fingerprint density at radius 1 is 1.06 bits per heavy atom. The summed E-state index contributed by atoms with van der Waals surface area (Å²) >= 11 is 0. The number of pyridine rings is 1. The van der Waals surface area contributed by atoms with Gasteiger partial charge in [0.2, 0.25) is 11.8 Å². The first-order chi connectivity index (χ1) is 15.2. The average molecular weight is 456 g/mol. The topological polar surface area (TPSA) is 65.3 Å². The van der Waals surface area contributed by atoms with Crippen LogP contribution in [0.5, 0.6) is 5.88 Å². The normalized spacial score (nSPS) is 13.7. The van der Waals surface area contributed by atoms with Gasteiger partial charge in [0.25, 0.3) is 0 Å². The summed E-state index contributed by atoms with van der Waals surface area (Å²) in [5.74, 6) is 1.99. The maximum absolute atomic E-state index is 13.6. The van der Waals surface area contributed by atoms with Gasteiger partial charge in [0, 0.05) is 32.3 Å². The molecule has 0 amide bonds. The summed E-state index contributed by atoms with van der Waals surface area (Å²) in [6, 6.07) is 14.8. The number of fused-ring (bicyclic) bond motifs is 1. The van der Waals surface area contributed by atoms with Crippen molar-refractivity contribution in [3.8, 4) is 11.6 Å². The van der Waals surface area contributed by atoms with Gasteiger partial charge in [-0.2, -0.15) is 0 Å². The molecule has 1 saturated heterocycles. The molecular weight excluding hydrogens is 433 g/mol. The van der Waals surface area contributed by atoms with Crippen molar-refractivity contribution in [3.05, 3.63) is 71.9 Å². The zero-order chi connectivity index (χ0) is 21.4. The molecule has 0 atom stereocenters. The van der Waals surface area contributed by atoms with Gasteiger partial charge in [0.1, 0.15) is 18.1 Å². The van der Waals surface area contributed by atoms with E-state index >= 15 is 0 Å². The summed E-state index contributed by atoms with van der Waals surface area (Å²) < 4.78 is 26.3. The molecule has 9 heteroatoms. The third-order valence-electron chi connectivity index (χ3n) is 5.65. The van der Waals surface area contributed by atoms with Crippen molar-refractivity contribution >= 4 is 29.1 Å². The van der Waals surface area contributed by atoms with Gasteiger partial charge in [0.05, 0.1) is 7.11 Å². The van der Waals surface area contributed by atoms with Crippen LogP contribution in [0, 0.1) is 5.82 Å². The van der Waals surface area contributed by atoms with Crippen LogP contribution in [0.4, 0.5) is 10.3 Å². The molecular formula is C23H23ClFN5O2. The lowest BCUT2D eigenvalue weighted by Crippen LogP contribution is -2.46. The van der Waals surface area contributed by atoms with E-state index in [0.29, 0.717) is 24.2 Å². The molecule has 0 N–H and O–H groups in total. The molecule has 0 radical (unpaired) electrons. The molecule has 2 aromatic carbocycles. The van der Waals surface area contributed by atoms with Crippen LogP contribution in [0.2, 0.25) is 0 Å². The van der Waals surface area contributed by atoms with Crippen molar-refractivity contribution in [1.29, 1.82) is 0 Å². The quantitative estimate of drug-likeness (QED) is 0.435. The van der Waals surface area contributed by atoms with E-state index in [0.717, 1.165) is 35.5 Å². The Hall–Kier alpha value is -3.23. The molecule has 4 aromatic rings. The van der Waals surface area contributed by atoms with Gasteiger partial charge in [-0.05, 0) is 40.6 Å². The van der Waals surface area contributed by atoms with E-state index < -0.39 is 0 Å². The Balaban J connectivity index is 0.00000245. The molecule has 5 rings (SSSR count). The van der Waals surface area contributed by atoms with Crippen molar-refractivity contribution in [3.63, 3.8) is 0 Å². The molecule has 0 aliphatic carbocycles. The van der Waals surface area contributed by atoms with Crippen molar-refractivity contribution in [2.75, 3.05) is 32.2 Å². The van der Waals surface area contributed by atoms with E-state index in [2.05, 4.69) is 26.1 Å². The third kappa shape index (κ3) is 3.76. The zero-order valence-corrected chi connectivity index (χ0v) is 18.6. The van der Waals surface area contributed by atoms with Gasteiger partial charge in [-0.15, -0.1) is 22.6 Å². The molecule has 32 heavy (non-hydrogen) atoms. The number of ether oxygens (including phenoxy) is 2. The number of rotatable bonds is 6. The van der Waals surface area contributed by atoms with E-state index in [1.807, 2.05) is 34.9 Å². The van der Waals surface area contributed by atoms with Crippen LogP contribution in [0.1, 0.15) is 17.3 Å². The molecule has 0 unspecified atom stereocenters. The van der Waals surface area contributed by atoms with E-state index in [1.165, 1.54) is 11.6 Å². The number of hydrogen-bond acceptors (Lipinski definition) is 6. The Bertz CT molecular complexity index is 1240. The molecule has 166 valence electrons.